The molecule has 5 heterocycles. The van der Waals surface area contributed by atoms with Crippen molar-refractivity contribution < 1.29 is 4.74 Å². The summed E-state index contributed by atoms with van der Waals surface area (Å²) in [5.41, 5.74) is 4.20. The monoisotopic (exact) mass is 476 g/mol. The molecule has 0 unspecified atom stereocenters. The van der Waals surface area contributed by atoms with Gasteiger partial charge in [0.15, 0.2) is 0 Å². The maximum Gasteiger partial charge on any atom is 0.246 e. The van der Waals surface area contributed by atoms with Crippen LogP contribution in [0.15, 0.2) is 53.3 Å². The summed E-state index contributed by atoms with van der Waals surface area (Å²) in [6.07, 6.45) is 9.68. The van der Waals surface area contributed by atoms with Crippen molar-refractivity contribution in [3.8, 4) is 11.1 Å². The Hall–Kier alpha value is -3.70. The minimum absolute atomic E-state index is 0.451. The van der Waals surface area contributed by atoms with Crippen LogP contribution in [0.1, 0.15) is 6.92 Å². The summed E-state index contributed by atoms with van der Waals surface area (Å²) in [6.45, 7) is 12.8. The van der Waals surface area contributed by atoms with Crippen molar-refractivity contribution in [2.75, 3.05) is 62.7 Å². The van der Waals surface area contributed by atoms with Gasteiger partial charge in [-0.2, -0.15) is 5.10 Å². The molecule has 0 saturated carbocycles. The standard InChI is InChI=1S/C24H32N10O/c1-18(32-8-6-26-7-9-32)4-5-22(25-2)29-24-27-16-20-14-21(19-15-28-31(3)17-19)23(34(20)30-24)33-10-12-35-13-11-33/h4-5,14-17,26H,2,6-13H2,1,3H3,(H,29,30)/b18-4+,22-5+. The van der Waals surface area contributed by atoms with E-state index in [-0.39, 0.29) is 0 Å². The fourth-order valence-corrected chi connectivity index (χ4v) is 4.44. The number of aryl methyl sites for hydroxylation is 1. The lowest BCUT2D eigenvalue weighted by molar-refractivity contribution is 0.122. The molecule has 2 aliphatic rings. The van der Waals surface area contributed by atoms with Crippen LogP contribution in [0.5, 0.6) is 0 Å². The second-order valence-electron chi connectivity index (χ2n) is 8.68. The van der Waals surface area contributed by atoms with Crippen molar-refractivity contribution in [1.29, 1.82) is 0 Å². The Morgan fingerprint density at radius 1 is 1.17 bits per heavy atom. The summed E-state index contributed by atoms with van der Waals surface area (Å²) in [6, 6.07) is 2.10. The van der Waals surface area contributed by atoms with E-state index in [2.05, 4.69) is 61.3 Å². The van der Waals surface area contributed by atoms with Crippen molar-refractivity contribution in [2.45, 2.75) is 6.92 Å². The molecule has 35 heavy (non-hydrogen) atoms. The first kappa shape index (κ1) is 23.1. The Morgan fingerprint density at radius 3 is 2.69 bits per heavy atom. The number of hydrogen-bond acceptors (Lipinski definition) is 9. The number of anilines is 2. The Kier molecular flexibility index (Phi) is 6.77. The predicted molar refractivity (Wildman–Crippen MR) is 138 cm³/mol. The minimum Gasteiger partial charge on any atom is -0.378 e. The number of allylic oxidation sites excluding steroid dienone is 3. The quantitative estimate of drug-likeness (QED) is 0.393. The number of nitrogens with one attached hydrogen (secondary N) is 2. The van der Waals surface area contributed by atoms with Crippen LogP contribution in [0.25, 0.3) is 16.6 Å². The Labute approximate surface area is 204 Å². The average Bonchev–Trinajstić information content (AvgIpc) is 3.50. The highest BCUT2D eigenvalue weighted by Crippen LogP contribution is 2.34. The van der Waals surface area contributed by atoms with Gasteiger partial charge in [0, 0.05) is 69.3 Å². The number of piperazine rings is 1. The van der Waals surface area contributed by atoms with Crippen LogP contribution < -0.4 is 15.5 Å². The van der Waals surface area contributed by atoms with Gasteiger partial charge >= 0.3 is 0 Å². The summed E-state index contributed by atoms with van der Waals surface area (Å²) < 4.78 is 9.33. The lowest BCUT2D eigenvalue weighted by Crippen LogP contribution is -2.42. The van der Waals surface area contributed by atoms with Crippen LogP contribution in [0.3, 0.4) is 0 Å². The van der Waals surface area contributed by atoms with Gasteiger partial charge in [-0.3, -0.25) is 4.68 Å². The van der Waals surface area contributed by atoms with Crippen molar-refractivity contribution in [3.05, 3.63) is 48.3 Å². The highest BCUT2D eigenvalue weighted by molar-refractivity contribution is 5.82. The summed E-state index contributed by atoms with van der Waals surface area (Å²) in [4.78, 5) is 13.3. The van der Waals surface area contributed by atoms with E-state index in [4.69, 9.17) is 9.84 Å². The maximum atomic E-state index is 5.59. The van der Waals surface area contributed by atoms with E-state index in [0.717, 1.165) is 61.7 Å². The van der Waals surface area contributed by atoms with Crippen molar-refractivity contribution in [1.82, 2.24) is 34.6 Å². The van der Waals surface area contributed by atoms with Crippen LogP contribution in [0, 0.1) is 0 Å². The Balaban J connectivity index is 1.46. The number of rotatable bonds is 7. The molecule has 5 rings (SSSR count). The molecule has 0 atom stereocenters. The molecule has 2 aliphatic heterocycles. The molecule has 3 aromatic heterocycles. The third-order valence-electron chi connectivity index (χ3n) is 6.33. The normalized spacial score (nSPS) is 17.8. The molecule has 11 heteroatoms. The zero-order valence-electron chi connectivity index (χ0n) is 20.3. The molecule has 2 N–H and O–H groups in total. The van der Waals surface area contributed by atoms with E-state index in [9.17, 15) is 0 Å². The van der Waals surface area contributed by atoms with E-state index in [0.29, 0.717) is 25.0 Å². The van der Waals surface area contributed by atoms with Gasteiger partial charge in [-0.1, -0.05) is 0 Å². The minimum atomic E-state index is 0.451. The first-order valence-corrected chi connectivity index (χ1v) is 11.9. The molecule has 184 valence electrons. The van der Waals surface area contributed by atoms with Crippen LogP contribution in [0.2, 0.25) is 0 Å². The molecule has 0 bridgehead atoms. The molecule has 0 spiro atoms. The molecule has 3 aromatic rings. The summed E-state index contributed by atoms with van der Waals surface area (Å²) in [7, 11) is 1.92. The Morgan fingerprint density at radius 2 is 1.97 bits per heavy atom. The van der Waals surface area contributed by atoms with Crippen LogP contribution in [0.4, 0.5) is 11.8 Å². The molecule has 0 amide bonds. The molecule has 0 aromatic carbocycles. The molecule has 0 radical (unpaired) electrons. The smallest absolute Gasteiger partial charge is 0.246 e. The van der Waals surface area contributed by atoms with Gasteiger partial charge in [0.1, 0.15) is 11.6 Å². The van der Waals surface area contributed by atoms with Crippen LogP contribution in [-0.2, 0) is 11.8 Å². The van der Waals surface area contributed by atoms with Crippen LogP contribution in [-0.4, -0.2) is 88.5 Å². The maximum absolute atomic E-state index is 5.59. The fraction of sp³-hybridized carbons (Fsp3) is 0.417. The van der Waals surface area contributed by atoms with Gasteiger partial charge in [0.25, 0.3) is 0 Å². The zero-order valence-corrected chi connectivity index (χ0v) is 20.3. The first-order chi connectivity index (χ1) is 17.1. The largest absolute Gasteiger partial charge is 0.378 e. The topological polar surface area (TPSA) is 100 Å². The van der Waals surface area contributed by atoms with Crippen LogP contribution >= 0.6 is 0 Å². The van der Waals surface area contributed by atoms with Crippen molar-refractivity contribution in [3.63, 3.8) is 0 Å². The van der Waals surface area contributed by atoms with Gasteiger partial charge in [0.2, 0.25) is 5.95 Å². The highest BCUT2D eigenvalue weighted by Gasteiger charge is 2.22. The summed E-state index contributed by atoms with van der Waals surface area (Å²) in [5, 5.41) is 15.8. The zero-order chi connectivity index (χ0) is 24.2. The summed E-state index contributed by atoms with van der Waals surface area (Å²) >= 11 is 0. The Bertz CT molecular complexity index is 1240. The van der Waals surface area contributed by atoms with Gasteiger partial charge in [-0.05, 0) is 31.9 Å². The molecular weight excluding hydrogens is 444 g/mol. The highest BCUT2D eigenvalue weighted by atomic mass is 16.5. The van der Waals surface area contributed by atoms with E-state index in [1.807, 2.05) is 40.9 Å². The lowest BCUT2D eigenvalue weighted by Gasteiger charge is -2.29. The van der Waals surface area contributed by atoms with Crippen molar-refractivity contribution in [2.24, 2.45) is 12.0 Å². The molecule has 11 nitrogen and oxygen atoms in total. The van der Waals surface area contributed by atoms with E-state index >= 15 is 0 Å². The van der Waals surface area contributed by atoms with Gasteiger partial charge < -0.3 is 25.2 Å². The first-order valence-electron chi connectivity index (χ1n) is 11.9. The number of aliphatic imine (C=N–C) groups is 1. The lowest BCUT2D eigenvalue weighted by atomic mass is 10.1. The molecular formula is C24H32N10O. The average molecular weight is 477 g/mol. The number of nitrogens with zero attached hydrogens (tertiary/aromatic N) is 8. The number of aromatic nitrogens is 5. The molecule has 2 fully saturated rings. The molecule has 0 aliphatic carbocycles. The number of ether oxygens (including phenoxy) is 1. The number of fused-ring (bicyclic) bond motifs is 1. The second kappa shape index (κ2) is 10.3. The fourth-order valence-electron chi connectivity index (χ4n) is 4.44. The third kappa shape index (κ3) is 5.05. The number of hydrogen-bond donors (Lipinski definition) is 2. The third-order valence-corrected chi connectivity index (χ3v) is 6.33. The van der Waals surface area contributed by atoms with E-state index in [1.54, 1.807) is 0 Å². The van der Waals surface area contributed by atoms with Crippen molar-refractivity contribution >= 4 is 24.0 Å². The number of morpholine rings is 1. The summed E-state index contributed by atoms with van der Waals surface area (Å²) in [5.74, 6) is 2.05. The van der Waals surface area contributed by atoms with E-state index < -0.39 is 0 Å². The van der Waals surface area contributed by atoms with E-state index in [1.165, 1.54) is 5.70 Å². The van der Waals surface area contributed by atoms with Gasteiger partial charge in [-0.25, -0.2) is 14.5 Å². The predicted octanol–water partition coefficient (Wildman–Crippen LogP) is 1.73. The SMILES string of the molecule is C=N/C(=C\C=C(/C)N1CCNCC1)Nc1ncc2cc(-c3cnn(C)c3)c(N3CCOCC3)n2n1. The second-order valence-corrected chi connectivity index (χ2v) is 8.68. The van der Waals surface area contributed by atoms with Gasteiger partial charge in [0.05, 0.1) is 31.1 Å². The molecule has 2 saturated heterocycles. The van der Waals surface area contributed by atoms with Gasteiger partial charge in [-0.15, -0.1) is 5.10 Å².